The first kappa shape index (κ1) is 18.2. The average molecular weight is 407 g/mol. The van der Waals surface area contributed by atoms with Gasteiger partial charge in [-0.2, -0.15) is 10.2 Å². The van der Waals surface area contributed by atoms with Crippen LogP contribution in [0.3, 0.4) is 0 Å². The van der Waals surface area contributed by atoms with Gasteiger partial charge in [-0.3, -0.25) is 0 Å². The average Bonchev–Trinajstić information content (AvgIpc) is 3.42. The number of aromatic nitrogens is 5. The minimum absolute atomic E-state index is 0.151. The largest absolute Gasteiger partial charge is 0.359 e. The third-order valence-electron chi connectivity index (χ3n) is 5.84. The summed E-state index contributed by atoms with van der Waals surface area (Å²) in [5, 5.41) is 9.47. The second-order valence-corrected chi connectivity index (χ2v) is 8.36. The van der Waals surface area contributed by atoms with E-state index in [1.165, 1.54) is 5.56 Å². The Bertz CT molecular complexity index is 1140. The summed E-state index contributed by atoms with van der Waals surface area (Å²) in [6.45, 7) is 7.38. The van der Waals surface area contributed by atoms with Gasteiger partial charge in [0.15, 0.2) is 0 Å². The second-order valence-electron chi connectivity index (χ2n) is 7.96. The summed E-state index contributed by atoms with van der Waals surface area (Å²) in [6.07, 6.45) is 4.51. The van der Waals surface area contributed by atoms with Gasteiger partial charge in [-0.1, -0.05) is 24.6 Å². The molecule has 1 N–H and O–H groups in total. The molecule has 0 aliphatic carbocycles. The first-order chi connectivity index (χ1) is 14.0. The molecule has 3 heterocycles. The summed E-state index contributed by atoms with van der Waals surface area (Å²) in [5.74, 6) is 1.44. The van der Waals surface area contributed by atoms with Gasteiger partial charge in [0.2, 0.25) is 0 Å². The lowest BCUT2D eigenvalue weighted by molar-refractivity contribution is 0.513. The Kier molecular flexibility index (Phi) is 4.32. The van der Waals surface area contributed by atoms with Gasteiger partial charge in [-0.15, -0.1) is 4.80 Å². The number of aryl methyl sites for hydroxylation is 2. The SMILES string of the molecule is Cc1ccc(-n2nccn2)c(N2CC[C@H](C)[C@H]2c2nc3cc(Cl)c(C)cc3[nH]2)c1. The summed E-state index contributed by atoms with van der Waals surface area (Å²) in [7, 11) is 0. The highest BCUT2D eigenvalue weighted by atomic mass is 35.5. The number of nitrogens with one attached hydrogen (secondary N) is 1. The van der Waals surface area contributed by atoms with E-state index in [1.54, 1.807) is 17.2 Å². The van der Waals surface area contributed by atoms with Crippen LogP contribution < -0.4 is 4.90 Å². The molecule has 2 aromatic carbocycles. The lowest BCUT2D eigenvalue weighted by Crippen LogP contribution is -2.27. The summed E-state index contributed by atoms with van der Waals surface area (Å²) >= 11 is 6.32. The van der Waals surface area contributed by atoms with E-state index in [2.05, 4.69) is 58.2 Å². The van der Waals surface area contributed by atoms with Gasteiger partial charge in [-0.05, 0) is 61.6 Å². The number of fused-ring (bicyclic) bond motifs is 1. The van der Waals surface area contributed by atoms with Gasteiger partial charge in [0.05, 0.1) is 35.2 Å². The number of aromatic amines is 1. The molecule has 148 valence electrons. The maximum Gasteiger partial charge on any atom is 0.130 e. The Labute approximate surface area is 174 Å². The standard InChI is InChI=1S/C22H23ClN6/c1-13-4-5-19(29-24-7-8-25-29)20(10-13)28-9-6-14(2)21(28)22-26-17-11-15(3)16(23)12-18(17)27-22/h4-5,7-8,10-12,14,21H,6,9H2,1-3H3,(H,26,27)/t14-,21-/m0/s1. The van der Waals surface area contributed by atoms with Crippen LogP contribution in [0.25, 0.3) is 16.7 Å². The van der Waals surface area contributed by atoms with E-state index in [-0.39, 0.29) is 6.04 Å². The Morgan fingerprint density at radius 1 is 1.07 bits per heavy atom. The first-order valence-electron chi connectivity index (χ1n) is 9.91. The topological polar surface area (TPSA) is 62.6 Å². The third kappa shape index (κ3) is 3.08. The van der Waals surface area contributed by atoms with Crippen molar-refractivity contribution in [2.24, 2.45) is 5.92 Å². The summed E-state index contributed by atoms with van der Waals surface area (Å²) in [4.78, 5) is 12.6. The number of hydrogen-bond donors (Lipinski definition) is 1. The molecule has 1 saturated heterocycles. The van der Waals surface area contributed by atoms with E-state index in [4.69, 9.17) is 16.6 Å². The molecule has 0 saturated carbocycles. The van der Waals surface area contributed by atoms with Crippen LogP contribution in [0.4, 0.5) is 5.69 Å². The molecule has 0 radical (unpaired) electrons. The molecule has 1 aliphatic heterocycles. The van der Waals surface area contributed by atoms with Crippen LogP contribution in [0.2, 0.25) is 5.02 Å². The van der Waals surface area contributed by atoms with Gasteiger partial charge in [0.1, 0.15) is 11.5 Å². The van der Waals surface area contributed by atoms with E-state index < -0.39 is 0 Å². The van der Waals surface area contributed by atoms with Crippen molar-refractivity contribution >= 4 is 28.3 Å². The monoisotopic (exact) mass is 406 g/mol. The number of anilines is 1. The minimum atomic E-state index is 0.151. The smallest absolute Gasteiger partial charge is 0.130 e. The third-order valence-corrected chi connectivity index (χ3v) is 6.24. The van der Waals surface area contributed by atoms with E-state index in [1.807, 2.05) is 13.0 Å². The van der Waals surface area contributed by atoms with Crippen molar-refractivity contribution in [3.8, 4) is 5.69 Å². The molecule has 1 aliphatic rings. The van der Waals surface area contributed by atoms with Crippen LogP contribution in [0, 0.1) is 19.8 Å². The van der Waals surface area contributed by atoms with Gasteiger partial charge >= 0.3 is 0 Å². The fraction of sp³-hybridized carbons (Fsp3) is 0.318. The Hall–Kier alpha value is -2.86. The van der Waals surface area contributed by atoms with Crippen LogP contribution in [-0.4, -0.2) is 31.5 Å². The summed E-state index contributed by atoms with van der Waals surface area (Å²) in [6, 6.07) is 10.6. The molecule has 5 rings (SSSR count). The Morgan fingerprint density at radius 2 is 1.86 bits per heavy atom. The zero-order valence-corrected chi connectivity index (χ0v) is 17.5. The second kappa shape index (κ2) is 6.88. The van der Waals surface area contributed by atoms with E-state index >= 15 is 0 Å². The lowest BCUT2D eigenvalue weighted by atomic mass is 10.0. The zero-order chi connectivity index (χ0) is 20.1. The quantitative estimate of drug-likeness (QED) is 0.520. The number of benzene rings is 2. The van der Waals surface area contributed by atoms with Crippen molar-refractivity contribution in [1.82, 2.24) is 25.0 Å². The molecule has 2 atom stereocenters. The highest BCUT2D eigenvalue weighted by Crippen LogP contribution is 2.42. The van der Waals surface area contributed by atoms with Gasteiger partial charge in [0, 0.05) is 11.6 Å². The molecule has 0 amide bonds. The molecule has 29 heavy (non-hydrogen) atoms. The maximum atomic E-state index is 6.32. The molecule has 0 unspecified atom stereocenters. The molecule has 2 aromatic heterocycles. The molecule has 0 spiro atoms. The Morgan fingerprint density at radius 3 is 2.66 bits per heavy atom. The molecular weight excluding hydrogens is 384 g/mol. The molecule has 7 heteroatoms. The summed E-state index contributed by atoms with van der Waals surface area (Å²) < 4.78 is 0. The van der Waals surface area contributed by atoms with Gasteiger partial charge < -0.3 is 9.88 Å². The van der Waals surface area contributed by atoms with Gasteiger partial charge in [-0.25, -0.2) is 4.98 Å². The normalized spacial score (nSPS) is 19.4. The first-order valence-corrected chi connectivity index (χ1v) is 10.3. The fourth-order valence-electron chi connectivity index (χ4n) is 4.31. The minimum Gasteiger partial charge on any atom is -0.359 e. The Balaban J connectivity index is 1.62. The van der Waals surface area contributed by atoms with Crippen molar-refractivity contribution in [1.29, 1.82) is 0 Å². The maximum absolute atomic E-state index is 6.32. The van der Waals surface area contributed by atoms with Gasteiger partial charge in [0.25, 0.3) is 0 Å². The fourth-order valence-corrected chi connectivity index (χ4v) is 4.46. The molecule has 6 nitrogen and oxygen atoms in total. The predicted octanol–water partition coefficient (Wildman–Crippen LogP) is 5.00. The number of rotatable bonds is 3. The van der Waals surface area contributed by atoms with Crippen LogP contribution in [0.15, 0.2) is 42.7 Å². The van der Waals surface area contributed by atoms with Crippen LogP contribution >= 0.6 is 11.6 Å². The van der Waals surface area contributed by atoms with Crippen molar-refractivity contribution < 1.29 is 0 Å². The number of hydrogen-bond acceptors (Lipinski definition) is 4. The number of imidazole rings is 1. The van der Waals surface area contributed by atoms with Crippen LogP contribution in [-0.2, 0) is 0 Å². The highest BCUT2D eigenvalue weighted by Gasteiger charge is 2.36. The van der Waals surface area contributed by atoms with Crippen molar-refractivity contribution in [2.75, 3.05) is 11.4 Å². The predicted molar refractivity (Wildman–Crippen MR) is 116 cm³/mol. The molecule has 0 bridgehead atoms. The number of halogens is 1. The van der Waals surface area contributed by atoms with Crippen LogP contribution in [0.1, 0.15) is 36.3 Å². The van der Waals surface area contributed by atoms with E-state index in [0.29, 0.717) is 5.92 Å². The van der Waals surface area contributed by atoms with E-state index in [9.17, 15) is 0 Å². The zero-order valence-electron chi connectivity index (χ0n) is 16.7. The molecule has 1 fully saturated rings. The van der Waals surface area contributed by atoms with Crippen LogP contribution in [0.5, 0.6) is 0 Å². The van der Waals surface area contributed by atoms with Crippen molar-refractivity contribution in [3.05, 3.63) is 64.7 Å². The molecule has 4 aromatic rings. The number of nitrogens with zero attached hydrogens (tertiary/aromatic N) is 5. The van der Waals surface area contributed by atoms with E-state index in [0.717, 1.165) is 51.8 Å². The summed E-state index contributed by atoms with van der Waals surface area (Å²) in [5.41, 5.74) is 6.31. The highest BCUT2D eigenvalue weighted by molar-refractivity contribution is 6.32. The lowest BCUT2D eigenvalue weighted by Gasteiger charge is -2.29. The molecular formula is C22H23ClN6. The van der Waals surface area contributed by atoms with Crippen molar-refractivity contribution in [3.63, 3.8) is 0 Å². The van der Waals surface area contributed by atoms with Crippen molar-refractivity contribution in [2.45, 2.75) is 33.2 Å². The number of H-pyrrole nitrogens is 1.